The van der Waals surface area contributed by atoms with Gasteiger partial charge in [-0.05, 0) is 106 Å². The zero-order valence-corrected chi connectivity index (χ0v) is 34.0. The van der Waals surface area contributed by atoms with Gasteiger partial charge in [0.05, 0.1) is 18.5 Å². The SMILES string of the molecule is C=C/C=C\c1ccc2oc3c(c2c1C)=C(c1ccc2c(c1)oc1c(C4NC(c5ccc(-c6ccccc6)cc5)NC(c5cccc(-c6ccccc6)c5)N4)cccc12)CCC=3. The Morgan fingerprint density at radius 3 is 2.05 bits per heavy atom. The van der Waals surface area contributed by atoms with Crippen LogP contribution >= 0.6 is 0 Å². The summed E-state index contributed by atoms with van der Waals surface area (Å²) in [7, 11) is 0. The Labute approximate surface area is 355 Å². The van der Waals surface area contributed by atoms with Crippen molar-refractivity contribution in [3.63, 3.8) is 0 Å². The zero-order valence-electron chi connectivity index (χ0n) is 34.0. The summed E-state index contributed by atoms with van der Waals surface area (Å²) >= 11 is 0. The molecule has 2 aliphatic rings. The van der Waals surface area contributed by atoms with Gasteiger partial charge in [0, 0.05) is 26.9 Å². The number of nitrogens with one attached hydrogen (secondary N) is 3. The van der Waals surface area contributed by atoms with Crippen molar-refractivity contribution in [3.05, 3.63) is 220 Å². The third-order valence-corrected chi connectivity index (χ3v) is 12.5. The van der Waals surface area contributed by atoms with E-state index in [1.54, 1.807) is 0 Å². The van der Waals surface area contributed by atoms with Gasteiger partial charge in [-0.15, -0.1) is 0 Å². The number of para-hydroxylation sites is 1. The summed E-state index contributed by atoms with van der Waals surface area (Å²) in [6, 6.07) is 56.3. The van der Waals surface area contributed by atoms with Crippen LogP contribution in [0.3, 0.4) is 0 Å². The molecule has 3 N–H and O–H groups in total. The van der Waals surface area contributed by atoms with Gasteiger partial charge in [-0.2, -0.15) is 0 Å². The Balaban J connectivity index is 1.00. The molecule has 61 heavy (non-hydrogen) atoms. The van der Waals surface area contributed by atoms with Crippen LogP contribution < -0.4 is 26.6 Å². The molecule has 0 saturated carbocycles. The van der Waals surface area contributed by atoms with Crippen molar-refractivity contribution in [1.82, 2.24) is 16.0 Å². The Morgan fingerprint density at radius 2 is 1.26 bits per heavy atom. The predicted octanol–water partition coefficient (Wildman–Crippen LogP) is 12.1. The Hall–Kier alpha value is -7.02. The largest absolute Gasteiger partial charge is 0.456 e. The van der Waals surface area contributed by atoms with Gasteiger partial charge in [-0.3, -0.25) is 16.0 Å². The topological polar surface area (TPSA) is 62.4 Å². The number of furan rings is 2. The average molecular weight is 792 g/mol. The lowest BCUT2D eigenvalue weighted by molar-refractivity contribution is 0.203. The van der Waals surface area contributed by atoms with E-state index in [0.717, 1.165) is 68.0 Å². The van der Waals surface area contributed by atoms with Gasteiger partial charge in [0.15, 0.2) is 0 Å². The molecular weight excluding hydrogens is 747 g/mol. The molecule has 3 atom stereocenters. The highest BCUT2D eigenvalue weighted by Gasteiger charge is 2.32. The van der Waals surface area contributed by atoms with E-state index in [9.17, 15) is 0 Å². The molecule has 1 saturated heterocycles. The number of hydrogen-bond donors (Lipinski definition) is 3. The van der Waals surface area contributed by atoms with Gasteiger partial charge in [-0.1, -0.05) is 158 Å². The first kappa shape index (κ1) is 37.0. The van der Waals surface area contributed by atoms with Gasteiger partial charge in [0.1, 0.15) is 22.2 Å². The minimum Gasteiger partial charge on any atom is -0.456 e. The summed E-state index contributed by atoms with van der Waals surface area (Å²) in [4.78, 5) is 0. The van der Waals surface area contributed by atoms with Crippen LogP contribution in [0.25, 0.3) is 72.9 Å². The lowest BCUT2D eigenvalue weighted by Crippen LogP contribution is -2.54. The number of hydrogen-bond acceptors (Lipinski definition) is 5. The minimum absolute atomic E-state index is 0.151. The fourth-order valence-corrected chi connectivity index (χ4v) is 9.42. The normalized spacial score (nSPS) is 17.9. The third-order valence-electron chi connectivity index (χ3n) is 12.5. The van der Waals surface area contributed by atoms with Crippen molar-refractivity contribution >= 4 is 50.6 Å². The van der Waals surface area contributed by atoms with Gasteiger partial charge in [-0.25, -0.2) is 0 Å². The molecule has 1 fully saturated rings. The van der Waals surface area contributed by atoms with Crippen LogP contribution in [0.2, 0.25) is 0 Å². The average Bonchev–Trinajstić information content (AvgIpc) is 3.91. The first-order valence-corrected chi connectivity index (χ1v) is 21.2. The summed E-state index contributed by atoms with van der Waals surface area (Å²) in [6.45, 7) is 6.06. The molecule has 296 valence electrons. The lowest BCUT2D eigenvalue weighted by atomic mass is 9.92. The second kappa shape index (κ2) is 15.5. The maximum atomic E-state index is 6.97. The van der Waals surface area contributed by atoms with Crippen LogP contribution in [-0.2, 0) is 0 Å². The summed E-state index contributed by atoms with van der Waals surface area (Å²) in [5, 5.41) is 16.3. The fraction of sp³-hybridized carbons (Fsp3) is 0.107. The van der Waals surface area contributed by atoms with Crippen LogP contribution in [0.4, 0.5) is 0 Å². The van der Waals surface area contributed by atoms with E-state index >= 15 is 0 Å². The monoisotopic (exact) mass is 791 g/mol. The second-order valence-electron chi connectivity index (χ2n) is 16.1. The Kier molecular flexibility index (Phi) is 9.43. The van der Waals surface area contributed by atoms with E-state index in [1.807, 2.05) is 12.2 Å². The van der Waals surface area contributed by atoms with E-state index in [-0.39, 0.29) is 18.5 Å². The third kappa shape index (κ3) is 6.74. The molecule has 0 radical (unpaired) electrons. The lowest BCUT2D eigenvalue weighted by Gasteiger charge is -2.39. The molecule has 3 heterocycles. The molecular formula is C56H45N3O2. The second-order valence-corrected chi connectivity index (χ2v) is 16.1. The van der Waals surface area contributed by atoms with Crippen LogP contribution in [0.1, 0.15) is 64.7 Å². The van der Waals surface area contributed by atoms with E-state index in [4.69, 9.17) is 8.83 Å². The van der Waals surface area contributed by atoms with Crippen LogP contribution in [0.5, 0.6) is 0 Å². The molecule has 7 aromatic carbocycles. The summed E-state index contributed by atoms with van der Waals surface area (Å²) in [5.41, 5.74) is 16.6. The highest BCUT2D eigenvalue weighted by molar-refractivity contribution is 6.07. The maximum Gasteiger partial charge on any atom is 0.141 e. The van der Waals surface area contributed by atoms with Crippen LogP contribution in [0, 0.1) is 6.92 Å². The van der Waals surface area contributed by atoms with E-state index in [1.165, 1.54) is 49.6 Å². The summed E-state index contributed by atoms with van der Waals surface area (Å²) < 4.78 is 13.4. The van der Waals surface area contributed by atoms with E-state index in [0.29, 0.717) is 0 Å². The molecule has 2 aromatic heterocycles. The zero-order chi connectivity index (χ0) is 40.9. The number of fused-ring (bicyclic) bond motifs is 6. The van der Waals surface area contributed by atoms with Crippen LogP contribution in [0.15, 0.2) is 185 Å². The summed E-state index contributed by atoms with van der Waals surface area (Å²) in [5.74, 6) is 0. The quantitative estimate of drug-likeness (QED) is 0.134. The van der Waals surface area contributed by atoms with Gasteiger partial charge < -0.3 is 8.83 Å². The molecule has 1 aliphatic carbocycles. The maximum absolute atomic E-state index is 6.97. The van der Waals surface area contributed by atoms with Gasteiger partial charge in [0.25, 0.3) is 0 Å². The fourth-order valence-electron chi connectivity index (χ4n) is 9.42. The number of allylic oxidation sites excluding steroid dienone is 2. The number of aryl methyl sites for hydroxylation is 1. The molecule has 1 aliphatic heterocycles. The van der Waals surface area contributed by atoms with Crippen molar-refractivity contribution in [3.8, 4) is 22.3 Å². The summed E-state index contributed by atoms with van der Waals surface area (Å²) in [6.07, 6.45) is 9.46. The van der Waals surface area contributed by atoms with Crippen molar-refractivity contribution in [2.24, 2.45) is 0 Å². The molecule has 3 unspecified atom stereocenters. The Bertz CT molecular complexity index is 3270. The molecule has 0 amide bonds. The molecule has 0 spiro atoms. The first-order chi connectivity index (χ1) is 30.1. The van der Waals surface area contributed by atoms with Crippen molar-refractivity contribution < 1.29 is 8.83 Å². The van der Waals surface area contributed by atoms with E-state index < -0.39 is 0 Å². The number of rotatable bonds is 8. The highest BCUT2D eigenvalue weighted by Crippen LogP contribution is 2.38. The molecule has 9 aromatic rings. The van der Waals surface area contributed by atoms with Crippen molar-refractivity contribution in [1.29, 1.82) is 0 Å². The molecule has 11 rings (SSSR count). The predicted molar refractivity (Wildman–Crippen MR) is 251 cm³/mol. The van der Waals surface area contributed by atoms with Gasteiger partial charge >= 0.3 is 0 Å². The smallest absolute Gasteiger partial charge is 0.141 e. The Morgan fingerprint density at radius 1 is 0.574 bits per heavy atom. The standard InChI is InChI=1S/C56H45N3O2/c1-3-4-14-36-30-32-49-51(35(36)2)52-44(21-13-24-48(52)60-49)42-29-31-45-46-22-12-23-47(53(46)61-50(45)34-42)56-58-54(40-27-25-39(26-28-40)37-15-7-5-8-16-37)57-55(59-56)43-20-11-19-41(33-43)38-17-9-6-10-18-38/h3-12,14-20,22-34,54-59H,1,13,21H2,2H3/b14-4-. The number of benzene rings is 7. The molecule has 5 nitrogen and oxygen atoms in total. The molecule has 5 heteroatoms. The van der Waals surface area contributed by atoms with Crippen molar-refractivity contribution in [2.45, 2.75) is 38.3 Å². The molecule has 0 bridgehead atoms. The first-order valence-electron chi connectivity index (χ1n) is 21.2. The minimum atomic E-state index is -0.232. The van der Waals surface area contributed by atoms with Crippen molar-refractivity contribution in [2.75, 3.05) is 0 Å². The van der Waals surface area contributed by atoms with E-state index in [2.05, 4.69) is 199 Å². The van der Waals surface area contributed by atoms with Gasteiger partial charge in [0.2, 0.25) is 0 Å². The highest BCUT2D eigenvalue weighted by atomic mass is 16.3. The van der Waals surface area contributed by atoms with Crippen LogP contribution in [-0.4, -0.2) is 0 Å².